The Bertz CT molecular complexity index is 198. The minimum absolute atomic E-state index is 0.0965. The largest absolute Gasteiger partial charge is 0.447 e. The van der Waals surface area contributed by atoms with Crippen LogP contribution in [0.2, 0.25) is 0 Å². The standard InChI is InChI=1S/C15H31NO3/c1-3-5-7-9-11-16(12-10-8-6-4-2)15(18)19-14-13-17/h17H,3-14H2,1-2H3. The molecule has 0 aromatic heterocycles. The molecule has 0 heterocycles. The molecule has 0 aliphatic carbocycles. The van der Waals surface area contributed by atoms with Crippen molar-refractivity contribution in [3.05, 3.63) is 0 Å². The van der Waals surface area contributed by atoms with Gasteiger partial charge in [0.2, 0.25) is 0 Å². The van der Waals surface area contributed by atoms with Gasteiger partial charge < -0.3 is 14.7 Å². The molecule has 0 unspecified atom stereocenters. The molecule has 0 radical (unpaired) electrons. The van der Waals surface area contributed by atoms with Crippen LogP contribution in [0.5, 0.6) is 0 Å². The number of amides is 1. The summed E-state index contributed by atoms with van der Waals surface area (Å²) in [4.78, 5) is 13.6. The molecule has 0 aliphatic heterocycles. The van der Waals surface area contributed by atoms with Gasteiger partial charge in [0.05, 0.1) is 6.61 Å². The molecule has 19 heavy (non-hydrogen) atoms. The number of carbonyl (C=O) groups excluding carboxylic acids is 1. The summed E-state index contributed by atoms with van der Waals surface area (Å²) in [5.41, 5.74) is 0. The van der Waals surface area contributed by atoms with E-state index < -0.39 is 0 Å². The predicted molar refractivity (Wildman–Crippen MR) is 78.3 cm³/mol. The second-order valence-electron chi connectivity index (χ2n) is 4.95. The van der Waals surface area contributed by atoms with Crippen molar-refractivity contribution in [2.45, 2.75) is 65.2 Å². The fraction of sp³-hybridized carbons (Fsp3) is 0.933. The molecule has 0 aromatic carbocycles. The number of hydrogen-bond acceptors (Lipinski definition) is 3. The van der Waals surface area contributed by atoms with E-state index in [9.17, 15) is 4.79 Å². The van der Waals surface area contributed by atoms with Crippen molar-refractivity contribution in [3.8, 4) is 0 Å². The van der Waals surface area contributed by atoms with Gasteiger partial charge in [0.25, 0.3) is 0 Å². The van der Waals surface area contributed by atoms with Crippen LogP contribution in [-0.2, 0) is 4.74 Å². The summed E-state index contributed by atoms with van der Waals surface area (Å²) in [5.74, 6) is 0. The number of hydrogen-bond donors (Lipinski definition) is 1. The van der Waals surface area contributed by atoms with E-state index in [1.807, 2.05) is 0 Å². The van der Waals surface area contributed by atoms with Crippen molar-refractivity contribution in [3.63, 3.8) is 0 Å². The lowest BCUT2D eigenvalue weighted by Gasteiger charge is -2.22. The van der Waals surface area contributed by atoms with Gasteiger partial charge in [-0.05, 0) is 12.8 Å². The quantitative estimate of drug-likeness (QED) is 0.553. The van der Waals surface area contributed by atoms with Crippen LogP contribution in [-0.4, -0.2) is 42.4 Å². The van der Waals surface area contributed by atoms with Crippen molar-refractivity contribution < 1.29 is 14.6 Å². The molecule has 0 aliphatic rings. The van der Waals surface area contributed by atoms with Crippen molar-refractivity contribution in [2.24, 2.45) is 0 Å². The molecule has 1 amide bonds. The molecule has 0 aromatic rings. The number of unbranched alkanes of at least 4 members (excludes halogenated alkanes) is 6. The molecule has 114 valence electrons. The second-order valence-corrected chi connectivity index (χ2v) is 4.95. The summed E-state index contributed by atoms with van der Waals surface area (Å²) in [5, 5.41) is 8.69. The van der Waals surface area contributed by atoms with Crippen LogP contribution in [0.25, 0.3) is 0 Å². The third-order valence-electron chi connectivity index (χ3n) is 3.14. The topological polar surface area (TPSA) is 49.8 Å². The summed E-state index contributed by atoms with van der Waals surface area (Å²) in [6, 6.07) is 0. The highest BCUT2D eigenvalue weighted by molar-refractivity contribution is 5.67. The average Bonchev–Trinajstić information content (AvgIpc) is 2.43. The molecule has 1 N–H and O–H groups in total. The van der Waals surface area contributed by atoms with Gasteiger partial charge in [-0.25, -0.2) is 4.79 Å². The fourth-order valence-corrected chi connectivity index (χ4v) is 1.98. The zero-order chi connectivity index (χ0) is 14.3. The van der Waals surface area contributed by atoms with E-state index in [0.717, 1.165) is 38.8 Å². The molecule has 0 bridgehead atoms. The Morgan fingerprint density at radius 3 is 1.89 bits per heavy atom. The predicted octanol–water partition coefficient (Wildman–Crippen LogP) is 3.58. The lowest BCUT2D eigenvalue weighted by molar-refractivity contribution is 0.0830. The Morgan fingerprint density at radius 1 is 0.947 bits per heavy atom. The van der Waals surface area contributed by atoms with Crippen LogP contribution in [0.4, 0.5) is 4.79 Å². The van der Waals surface area contributed by atoms with E-state index in [1.165, 1.54) is 25.7 Å². The lowest BCUT2D eigenvalue weighted by atomic mass is 10.2. The van der Waals surface area contributed by atoms with Crippen LogP contribution < -0.4 is 0 Å². The highest BCUT2D eigenvalue weighted by Gasteiger charge is 2.13. The Morgan fingerprint density at radius 2 is 1.47 bits per heavy atom. The Balaban J connectivity index is 3.94. The summed E-state index contributed by atoms with van der Waals surface area (Å²) >= 11 is 0. The summed E-state index contributed by atoms with van der Waals surface area (Å²) in [6.07, 6.45) is 8.96. The fourth-order valence-electron chi connectivity index (χ4n) is 1.98. The van der Waals surface area contributed by atoms with Gasteiger partial charge in [-0.2, -0.15) is 0 Å². The highest BCUT2D eigenvalue weighted by Crippen LogP contribution is 2.06. The third-order valence-corrected chi connectivity index (χ3v) is 3.14. The van der Waals surface area contributed by atoms with Gasteiger partial charge in [0.1, 0.15) is 6.61 Å². The smallest absolute Gasteiger partial charge is 0.409 e. The molecular formula is C15H31NO3. The van der Waals surface area contributed by atoms with Crippen molar-refractivity contribution >= 4 is 6.09 Å². The van der Waals surface area contributed by atoms with E-state index >= 15 is 0 Å². The molecule has 0 spiro atoms. The van der Waals surface area contributed by atoms with E-state index in [2.05, 4.69) is 13.8 Å². The van der Waals surface area contributed by atoms with Crippen LogP contribution in [0, 0.1) is 0 Å². The van der Waals surface area contributed by atoms with E-state index in [0.29, 0.717) is 0 Å². The first-order chi connectivity index (χ1) is 9.26. The Hall–Kier alpha value is -0.770. The summed E-state index contributed by atoms with van der Waals surface area (Å²) < 4.78 is 5.00. The molecule has 0 atom stereocenters. The van der Waals surface area contributed by atoms with E-state index in [1.54, 1.807) is 4.90 Å². The van der Waals surface area contributed by atoms with Crippen LogP contribution >= 0.6 is 0 Å². The molecule has 4 heteroatoms. The van der Waals surface area contributed by atoms with Gasteiger partial charge in [-0.3, -0.25) is 0 Å². The number of nitrogens with zero attached hydrogens (tertiary/aromatic N) is 1. The van der Waals surface area contributed by atoms with Gasteiger partial charge in [-0.15, -0.1) is 0 Å². The van der Waals surface area contributed by atoms with Crippen molar-refractivity contribution in [2.75, 3.05) is 26.3 Å². The maximum atomic E-state index is 11.8. The van der Waals surface area contributed by atoms with Crippen LogP contribution in [0.15, 0.2) is 0 Å². The maximum Gasteiger partial charge on any atom is 0.409 e. The number of aliphatic hydroxyl groups is 1. The minimum Gasteiger partial charge on any atom is -0.447 e. The first-order valence-electron chi connectivity index (χ1n) is 7.78. The van der Waals surface area contributed by atoms with Crippen LogP contribution in [0.3, 0.4) is 0 Å². The average molecular weight is 273 g/mol. The summed E-state index contributed by atoms with van der Waals surface area (Å²) in [6.45, 7) is 5.90. The van der Waals surface area contributed by atoms with Gasteiger partial charge >= 0.3 is 6.09 Å². The third kappa shape index (κ3) is 10.8. The number of carbonyl (C=O) groups is 1. The number of aliphatic hydroxyl groups excluding tert-OH is 1. The first-order valence-corrected chi connectivity index (χ1v) is 7.78. The first kappa shape index (κ1) is 18.2. The molecule has 4 nitrogen and oxygen atoms in total. The van der Waals surface area contributed by atoms with Gasteiger partial charge in [0.15, 0.2) is 0 Å². The maximum absolute atomic E-state index is 11.8. The lowest BCUT2D eigenvalue weighted by Crippen LogP contribution is -2.34. The molecular weight excluding hydrogens is 242 g/mol. The second kappa shape index (κ2) is 13.7. The van der Waals surface area contributed by atoms with Crippen molar-refractivity contribution in [1.29, 1.82) is 0 Å². The number of ether oxygens (including phenoxy) is 1. The zero-order valence-corrected chi connectivity index (χ0v) is 12.7. The van der Waals surface area contributed by atoms with Crippen molar-refractivity contribution in [1.82, 2.24) is 4.90 Å². The highest BCUT2D eigenvalue weighted by atomic mass is 16.6. The molecule has 0 rings (SSSR count). The number of rotatable bonds is 12. The van der Waals surface area contributed by atoms with Crippen LogP contribution in [0.1, 0.15) is 65.2 Å². The zero-order valence-electron chi connectivity index (χ0n) is 12.7. The van der Waals surface area contributed by atoms with E-state index in [-0.39, 0.29) is 19.3 Å². The Kier molecular flexibility index (Phi) is 13.1. The molecule has 0 saturated carbocycles. The van der Waals surface area contributed by atoms with E-state index in [4.69, 9.17) is 9.84 Å². The molecule has 0 fully saturated rings. The SMILES string of the molecule is CCCCCCN(CCCCCC)C(=O)OCCO. The Labute approximate surface area is 118 Å². The normalized spacial score (nSPS) is 10.5. The van der Waals surface area contributed by atoms with Gasteiger partial charge in [-0.1, -0.05) is 52.4 Å². The molecule has 0 saturated heterocycles. The minimum atomic E-state index is -0.276. The van der Waals surface area contributed by atoms with Gasteiger partial charge in [0, 0.05) is 13.1 Å². The summed E-state index contributed by atoms with van der Waals surface area (Å²) in [7, 11) is 0. The monoisotopic (exact) mass is 273 g/mol.